The molecular weight excluding hydrogens is 172 g/mol. The van der Waals surface area contributed by atoms with Crippen LogP contribution in [0.25, 0.3) is 0 Å². The van der Waals surface area contributed by atoms with Gasteiger partial charge in [-0.3, -0.25) is 0 Å². The summed E-state index contributed by atoms with van der Waals surface area (Å²) in [7, 11) is 0. The number of benzene rings is 1. The number of nitrogens with two attached hydrogens (primary N) is 1. The van der Waals surface area contributed by atoms with E-state index in [-0.39, 0.29) is 0 Å². The van der Waals surface area contributed by atoms with Gasteiger partial charge in [0.2, 0.25) is 0 Å². The van der Waals surface area contributed by atoms with Crippen molar-refractivity contribution in [3.8, 4) is 0 Å². The lowest BCUT2D eigenvalue weighted by Crippen LogP contribution is -1.99. The SMILES string of the molecule is NCCCCc1cc(F)cc(F)c1. The predicted molar refractivity (Wildman–Crippen MR) is 48.4 cm³/mol. The van der Waals surface area contributed by atoms with E-state index < -0.39 is 11.6 Å². The van der Waals surface area contributed by atoms with Crippen LogP contribution in [0, 0.1) is 11.6 Å². The zero-order valence-electron chi connectivity index (χ0n) is 7.39. The quantitative estimate of drug-likeness (QED) is 0.715. The van der Waals surface area contributed by atoms with Crippen LogP contribution >= 0.6 is 0 Å². The Kier molecular flexibility index (Phi) is 3.83. The minimum Gasteiger partial charge on any atom is -0.330 e. The highest BCUT2D eigenvalue weighted by Crippen LogP contribution is 2.10. The number of unbranched alkanes of at least 4 members (excludes halogenated alkanes) is 1. The summed E-state index contributed by atoms with van der Waals surface area (Å²) in [6, 6.07) is 3.60. The summed E-state index contributed by atoms with van der Waals surface area (Å²) in [5.41, 5.74) is 6.00. The molecule has 0 aliphatic rings. The van der Waals surface area contributed by atoms with E-state index in [4.69, 9.17) is 5.73 Å². The van der Waals surface area contributed by atoms with Gasteiger partial charge in [-0.1, -0.05) is 0 Å². The number of halogens is 2. The fourth-order valence-corrected chi connectivity index (χ4v) is 1.23. The van der Waals surface area contributed by atoms with Gasteiger partial charge in [0.1, 0.15) is 11.6 Å². The zero-order valence-corrected chi connectivity index (χ0v) is 7.39. The highest BCUT2D eigenvalue weighted by molar-refractivity contribution is 5.17. The molecule has 2 N–H and O–H groups in total. The molecule has 0 spiro atoms. The Balaban J connectivity index is 2.56. The predicted octanol–water partition coefficient (Wildman–Crippen LogP) is 2.25. The minimum absolute atomic E-state index is 0.511. The fraction of sp³-hybridized carbons (Fsp3) is 0.400. The van der Waals surface area contributed by atoms with E-state index in [0.29, 0.717) is 18.5 Å². The van der Waals surface area contributed by atoms with Crippen molar-refractivity contribution in [1.29, 1.82) is 0 Å². The summed E-state index contributed by atoms with van der Waals surface area (Å²) in [5.74, 6) is -1.02. The summed E-state index contributed by atoms with van der Waals surface area (Å²) in [4.78, 5) is 0. The van der Waals surface area contributed by atoms with Crippen LogP contribution < -0.4 is 5.73 Å². The molecule has 0 aromatic heterocycles. The summed E-state index contributed by atoms with van der Waals surface area (Å²) in [6.07, 6.45) is 2.45. The normalized spacial score (nSPS) is 10.4. The smallest absolute Gasteiger partial charge is 0.126 e. The van der Waals surface area contributed by atoms with E-state index in [9.17, 15) is 8.78 Å². The Hall–Kier alpha value is -0.960. The molecule has 1 aromatic rings. The standard InChI is InChI=1S/C10H13F2N/c11-9-5-8(3-1-2-4-13)6-10(12)7-9/h5-7H,1-4,13H2. The molecule has 0 aliphatic carbocycles. The van der Waals surface area contributed by atoms with Crippen molar-refractivity contribution < 1.29 is 8.78 Å². The number of hydrogen-bond donors (Lipinski definition) is 1. The van der Waals surface area contributed by atoms with Crippen LogP contribution in [0.15, 0.2) is 18.2 Å². The second kappa shape index (κ2) is 4.92. The lowest BCUT2D eigenvalue weighted by molar-refractivity contribution is 0.578. The van der Waals surface area contributed by atoms with Crippen molar-refractivity contribution in [2.75, 3.05) is 6.54 Å². The largest absolute Gasteiger partial charge is 0.330 e. The van der Waals surface area contributed by atoms with E-state index in [1.54, 1.807) is 0 Å². The first-order valence-electron chi connectivity index (χ1n) is 4.37. The third-order valence-corrected chi connectivity index (χ3v) is 1.84. The average molecular weight is 185 g/mol. The number of rotatable bonds is 4. The Morgan fingerprint density at radius 1 is 1.00 bits per heavy atom. The molecule has 0 heterocycles. The molecule has 0 saturated heterocycles. The molecule has 0 amide bonds. The van der Waals surface area contributed by atoms with Crippen molar-refractivity contribution >= 4 is 0 Å². The van der Waals surface area contributed by atoms with Gasteiger partial charge < -0.3 is 5.73 Å². The Morgan fingerprint density at radius 3 is 2.15 bits per heavy atom. The second-order valence-corrected chi connectivity index (χ2v) is 3.02. The maximum atomic E-state index is 12.7. The minimum atomic E-state index is -0.511. The van der Waals surface area contributed by atoms with Gasteiger partial charge in [0, 0.05) is 6.07 Å². The third kappa shape index (κ3) is 3.51. The topological polar surface area (TPSA) is 26.0 Å². The first kappa shape index (κ1) is 10.1. The van der Waals surface area contributed by atoms with Crippen LogP contribution in [-0.4, -0.2) is 6.54 Å². The molecule has 13 heavy (non-hydrogen) atoms. The Bertz CT molecular complexity index is 253. The molecular formula is C10H13F2N. The average Bonchev–Trinajstić information content (AvgIpc) is 2.03. The van der Waals surface area contributed by atoms with E-state index in [2.05, 4.69) is 0 Å². The third-order valence-electron chi connectivity index (χ3n) is 1.84. The molecule has 0 aliphatic heterocycles. The maximum Gasteiger partial charge on any atom is 0.126 e. The summed E-state index contributed by atoms with van der Waals surface area (Å²) in [5, 5.41) is 0. The van der Waals surface area contributed by atoms with Gasteiger partial charge in [-0.25, -0.2) is 8.78 Å². The first-order chi connectivity index (χ1) is 6.22. The van der Waals surface area contributed by atoms with Gasteiger partial charge in [-0.15, -0.1) is 0 Å². The zero-order chi connectivity index (χ0) is 9.68. The molecule has 0 fully saturated rings. The molecule has 1 rings (SSSR count). The highest BCUT2D eigenvalue weighted by atomic mass is 19.1. The van der Waals surface area contributed by atoms with E-state index in [1.807, 2.05) is 0 Å². The molecule has 1 nitrogen and oxygen atoms in total. The Morgan fingerprint density at radius 2 is 1.62 bits per heavy atom. The van der Waals surface area contributed by atoms with Crippen LogP contribution in [0.5, 0.6) is 0 Å². The summed E-state index contributed by atoms with van der Waals surface area (Å²) in [6.45, 7) is 0.623. The molecule has 0 unspecified atom stereocenters. The second-order valence-electron chi connectivity index (χ2n) is 3.02. The molecule has 0 bridgehead atoms. The molecule has 1 aromatic carbocycles. The number of aryl methyl sites for hydroxylation is 1. The van der Waals surface area contributed by atoms with E-state index in [0.717, 1.165) is 18.9 Å². The molecule has 0 atom stereocenters. The number of hydrogen-bond acceptors (Lipinski definition) is 1. The van der Waals surface area contributed by atoms with Crippen molar-refractivity contribution in [2.24, 2.45) is 5.73 Å². The van der Waals surface area contributed by atoms with Gasteiger partial charge in [0.25, 0.3) is 0 Å². The van der Waals surface area contributed by atoms with Crippen molar-refractivity contribution in [1.82, 2.24) is 0 Å². The lowest BCUT2D eigenvalue weighted by atomic mass is 10.1. The van der Waals surface area contributed by atoms with E-state index >= 15 is 0 Å². The maximum absolute atomic E-state index is 12.7. The first-order valence-corrected chi connectivity index (χ1v) is 4.37. The van der Waals surface area contributed by atoms with Crippen LogP contribution in [0.4, 0.5) is 8.78 Å². The molecule has 0 saturated carbocycles. The van der Waals surface area contributed by atoms with Gasteiger partial charge in [0.05, 0.1) is 0 Å². The summed E-state index contributed by atoms with van der Waals surface area (Å²) < 4.78 is 25.3. The van der Waals surface area contributed by atoms with Crippen LogP contribution in [0.2, 0.25) is 0 Å². The van der Waals surface area contributed by atoms with Crippen molar-refractivity contribution in [3.05, 3.63) is 35.4 Å². The fourth-order valence-electron chi connectivity index (χ4n) is 1.23. The monoisotopic (exact) mass is 185 g/mol. The van der Waals surface area contributed by atoms with E-state index in [1.165, 1.54) is 12.1 Å². The molecule has 0 radical (unpaired) electrons. The van der Waals surface area contributed by atoms with Crippen molar-refractivity contribution in [2.45, 2.75) is 19.3 Å². The molecule has 3 heteroatoms. The van der Waals surface area contributed by atoms with Gasteiger partial charge >= 0.3 is 0 Å². The Labute approximate surface area is 76.6 Å². The van der Waals surface area contributed by atoms with Crippen molar-refractivity contribution in [3.63, 3.8) is 0 Å². The van der Waals surface area contributed by atoms with Crippen LogP contribution in [-0.2, 0) is 6.42 Å². The van der Waals surface area contributed by atoms with Crippen LogP contribution in [0.1, 0.15) is 18.4 Å². The van der Waals surface area contributed by atoms with Crippen LogP contribution in [0.3, 0.4) is 0 Å². The molecule has 72 valence electrons. The van der Waals surface area contributed by atoms with Gasteiger partial charge in [0.15, 0.2) is 0 Å². The van der Waals surface area contributed by atoms with Gasteiger partial charge in [-0.2, -0.15) is 0 Å². The highest BCUT2D eigenvalue weighted by Gasteiger charge is 1.99. The van der Waals surface area contributed by atoms with Gasteiger partial charge in [-0.05, 0) is 43.5 Å². The summed E-state index contributed by atoms with van der Waals surface area (Å²) >= 11 is 0. The lowest BCUT2D eigenvalue weighted by Gasteiger charge is -2.00.